The van der Waals surface area contributed by atoms with Crippen LogP contribution in [0.5, 0.6) is 11.5 Å². The Morgan fingerprint density at radius 3 is 2.62 bits per heavy atom. The van der Waals surface area contributed by atoms with Crippen LogP contribution >= 0.6 is 12.2 Å². The van der Waals surface area contributed by atoms with Gasteiger partial charge in [-0.1, -0.05) is 6.07 Å². The molecule has 2 aromatic rings. The van der Waals surface area contributed by atoms with Crippen molar-refractivity contribution in [2.24, 2.45) is 0 Å². The predicted molar refractivity (Wildman–Crippen MR) is 86.8 cm³/mol. The van der Waals surface area contributed by atoms with E-state index in [1.807, 2.05) is 36.4 Å². The lowest BCUT2D eigenvalue weighted by Crippen LogP contribution is -2.28. The highest BCUT2D eigenvalue weighted by molar-refractivity contribution is 7.80. The summed E-state index contributed by atoms with van der Waals surface area (Å²) in [5.41, 5.74) is 1.75. The van der Waals surface area contributed by atoms with Gasteiger partial charge in [-0.05, 0) is 36.5 Å². The van der Waals surface area contributed by atoms with Crippen LogP contribution in [0, 0.1) is 0 Å². The Balaban J connectivity index is 1.93. The second-order valence-electron chi connectivity index (χ2n) is 4.20. The maximum absolute atomic E-state index is 5.25. The second-order valence-corrected chi connectivity index (χ2v) is 4.61. The van der Waals surface area contributed by atoms with E-state index < -0.39 is 0 Å². The largest absolute Gasteiger partial charge is 0.493 e. The normalized spacial score (nSPS) is 9.81. The Bertz CT molecular complexity index is 605. The number of ether oxygens (including phenoxy) is 2. The standard InChI is InChI=1S/C15H17N3O2S/c1-19-13-7-6-11(9-14(13)20-2)18-15(21)17-10-12-5-3-4-8-16-12/h3-9H,10H2,1-2H3,(H2,17,18,21). The third-order valence-corrected chi connectivity index (χ3v) is 3.04. The monoisotopic (exact) mass is 303 g/mol. The van der Waals surface area contributed by atoms with Crippen molar-refractivity contribution in [3.63, 3.8) is 0 Å². The molecular formula is C15H17N3O2S. The van der Waals surface area contributed by atoms with Crippen molar-refractivity contribution >= 4 is 23.0 Å². The second kappa shape index (κ2) is 7.44. The summed E-state index contributed by atoms with van der Waals surface area (Å²) in [6.45, 7) is 0.569. The van der Waals surface area contributed by atoms with E-state index in [9.17, 15) is 0 Å². The molecule has 21 heavy (non-hydrogen) atoms. The molecule has 5 nitrogen and oxygen atoms in total. The molecule has 0 aliphatic heterocycles. The van der Waals surface area contributed by atoms with Gasteiger partial charge in [-0.25, -0.2) is 0 Å². The zero-order chi connectivity index (χ0) is 15.1. The molecule has 1 aromatic heterocycles. The highest BCUT2D eigenvalue weighted by Gasteiger charge is 2.05. The number of benzene rings is 1. The fourth-order valence-electron chi connectivity index (χ4n) is 1.76. The molecule has 0 bridgehead atoms. The number of nitrogens with zero attached hydrogens (tertiary/aromatic N) is 1. The Morgan fingerprint density at radius 1 is 1.14 bits per heavy atom. The van der Waals surface area contributed by atoms with Crippen LogP contribution in [0.2, 0.25) is 0 Å². The van der Waals surface area contributed by atoms with Crippen LogP contribution in [0.3, 0.4) is 0 Å². The summed E-state index contributed by atoms with van der Waals surface area (Å²) in [5.74, 6) is 1.32. The van der Waals surface area contributed by atoms with Crippen molar-refractivity contribution in [3.05, 3.63) is 48.3 Å². The minimum atomic E-state index is 0.521. The first-order valence-electron chi connectivity index (χ1n) is 6.39. The number of methoxy groups -OCH3 is 2. The maximum atomic E-state index is 5.25. The van der Waals surface area contributed by atoms with Crippen molar-refractivity contribution in [2.75, 3.05) is 19.5 Å². The van der Waals surface area contributed by atoms with Gasteiger partial charge in [0.05, 0.1) is 26.5 Å². The summed E-state index contributed by atoms with van der Waals surface area (Å²) in [4.78, 5) is 4.22. The number of nitrogens with one attached hydrogen (secondary N) is 2. The number of hydrogen-bond donors (Lipinski definition) is 2. The van der Waals surface area contributed by atoms with E-state index in [0.717, 1.165) is 11.4 Å². The minimum Gasteiger partial charge on any atom is -0.493 e. The quantitative estimate of drug-likeness (QED) is 0.828. The molecule has 0 unspecified atom stereocenters. The van der Waals surface area contributed by atoms with E-state index in [4.69, 9.17) is 21.7 Å². The van der Waals surface area contributed by atoms with Gasteiger partial charge in [0, 0.05) is 18.0 Å². The van der Waals surface area contributed by atoms with Crippen LogP contribution in [0.1, 0.15) is 5.69 Å². The molecular weight excluding hydrogens is 286 g/mol. The Hall–Kier alpha value is -2.34. The van der Waals surface area contributed by atoms with Gasteiger partial charge in [0.2, 0.25) is 0 Å². The van der Waals surface area contributed by atoms with Crippen molar-refractivity contribution in [2.45, 2.75) is 6.54 Å². The minimum absolute atomic E-state index is 0.521. The van der Waals surface area contributed by atoms with Gasteiger partial charge in [-0.15, -0.1) is 0 Å². The van der Waals surface area contributed by atoms with Gasteiger partial charge >= 0.3 is 0 Å². The molecule has 110 valence electrons. The summed E-state index contributed by atoms with van der Waals surface area (Å²) in [6.07, 6.45) is 1.75. The van der Waals surface area contributed by atoms with Crippen LogP contribution in [0.15, 0.2) is 42.6 Å². The van der Waals surface area contributed by atoms with Crippen molar-refractivity contribution in [3.8, 4) is 11.5 Å². The molecule has 0 atom stereocenters. The molecule has 0 fully saturated rings. The van der Waals surface area contributed by atoms with Crippen LogP contribution in [-0.4, -0.2) is 24.3 Å². The first-order valence-corrected chi connectivity index (χ1v) is 6.80. The van der Waals surface area contributed by atoms with Crippen LogP contribution in [0.25, 0.3) is 0 Å². The number of hydrogen-bond acceptors (Lipinski definition) is 4. The highest BCUT2D eigenvalue weighted by atomic mass is 32.1. The van der Waals surface area contributed by atoms with E-state index in [1.54, 1.807) is 20.4 Å². The fourth-order valence-corrected chi connectivity index (χ4v) is 1.95. The molecule has 0 saturated carbocycles. The SMILES string of the molecule is COc1ccc(NC(=S)NCc2ccccn2)cc1OC. The molecule has 0 aliphatic carbocycles. The predicted octanol–water partition coefficient (Wildman–Crippen LogP) is 2.59. The average Bonchev–Trinajstić information content (AvgIpc) is 2.53. The van der Waals surface area contributed by atoms with E-state index in [2.05, 4.69) is 15.6 Å². The van der Waals surface area contributed by atoms with E-state index in [1.165, 1.54) is 0 Å². The Labute approximate surface area is 129 Å². The van der Waals surface area contributed by atoms with E-state index in [-0.39, 0.29) is 0 Å². The molecule has 0 radical (unpaired) electrons. The molecule has 0 saturated heterocycles. The van der Waals surface area contributed by atoms with Gasteiger partial charge in [0.25, 0.3) is 0 Å². The lowest BCUT2D eigenvalue weighted by atomic mass is 10.3. The molecule has 1 heterocycles. The highest BCUT2D eigenvalue weighted by Crippen LogP contribution is 2.29. The number of anilines is 1. The molecule has 6 heteroatoms. The number of thiocarbonyl (C=S) groups is 1. The summed E-state index contributed by atoms with van der Waals surface area (Å²) in [6, 6.07) is 11.3. The van der Waals surface area contributed by atoms with Gasteiger partial charge in [0.15, 0.2) is 16.6 Å². The molecule has 1 aromatic carbocycles. The van der Waals surface area contributed by atoms with Crippen molar-refractivity contribution < 1.29 is 9.47 Å². The van der Waals surface area contributed by atoms with Gasteiger partial charge < -0.3 is 20.1 Å². The summed E-state index contributed by atoms with van der Waals surface area (Å²) >= 11 is 5.25. The molecule has 2 N–H and O–H groups in total. The van der Waals surface area contributed by atoms with E-state index in [0.29, 0.717) is 23.2 Å². The Morgan fingerprint density at radius 2 is 1.95 bits per heavy atom. The van der Waals surface area contributed by atoms with Crippen molar-refractivity contribution in [1.82, 2.24) is 10.3 Å². The zero-order valence-electron chi connectivity index (χ0n) is 11.9. The third kappa shape index (κ3) is 4.32. The number of pyridine rings is 1. The summed E-state index contributed by atoms with van der Waals surface area (Å²) in [7, 11) is 3.20. The lowest BCUT2D eigenvalue weighted by Gasteiger charge is -2.13. The first-order chi connectivity index (χ1) is 10.2. The first kappa shape index (κ1) is 15.1. The molecule has 0 spiro atoms. The smallest absolute Gasteiger partial charge is 0.171 e. The average molecular weight is 303 g/mol. The zero-order valence-corrected chi connectivity index (χ0v) is 12.7. The molecule has 2 rings (SSSR count). The van der Waals surface area contributed by atoms with Gasteiger partial charge in [-0.2, -0.15) is 0 Å². The van der Waals surface area contributed by atoms with Gasteiger partial charge in [0.1, 0.15) is 0 Å². The van der Waals surface area contributed by atoms with E-state index >= 15 is 0 Å². The van der Waals surface area contributed by atoms with Crippen LogP contribution < -0.4 is 20.1 Å². The number of rotatable bonds is 5. The maximum Gasteiger partial charge on any atom is 0.171 e. The van der Waals surface area contributed by atoms with Crippen molar-refractivity contribution in [1.29, 1.82) is 0 Å². The topological polar surface area (TPSA) is 55.4 Å². The third-order valence-electron chi connectivity index (χ3n) is 2.80. The molecule has 0 aliphatic rings. The number of aromatic nitrogens is 1. The fraction of sp³-hybridized carbons (Fsp3) is 0.200. The lowest BCUT2D eigenvalue weighted by molar-refractivity contribution is 0.355. The Kier molecular flexibility index (Phi) is 5.34. The van der Waals surface area contributed by atoms with Crippen LogP contribution in [0.4, 0.5) is 5.69 Å². The van der Waals surface area contributed by atoms with Crippen LogP contribution in [-0.2, 0) is 6.54 Å². The molecule has 0 amide bonds. The van der Waals surface area contributed by atoms with Gasteiger partial charge in [-0.3, -0.25) is 4.98 Å². The summed E-state index contributed by atoms with van der Waals surface area (Å²) in [5, 5.41) is 6.72. The summed E-state index contributed by atoms with van der Waals surface area (Å²) < 4.78 is 10.4.